The topological polar surface area (TPSA) is 0 Å². The van der Waals surface area contributed by atoms with Crippen molar-refractivity contribution in [2.45, 2.75) is 19.3 Å². The average molecular weight is 187 g/mol. The molecule has 0 fully saturated rings. The summed E-state index contributed by atoms with van der Waals surface area (Å²) in [5, 5.41) is 0. The zero-order valence-electron chi connectivity index (χ0n) is 7.12. The molecule has 0 N–H and O–H groups in total. The largest absolute Gasteiger partial charge is 0.204 e. The van der Waals surface area contributed by atoms with Crippen LogP contribution in [0.5, 0.6) is 0 Å². The van der Waals surface area contributed by atoms with Gasteiger partial charge in [-0.2, -0.15) is 0 Å². The molecule has 71 valence electrons. The van der Waals surface area contributed by atoms with Crippen molar-refractivity contribution in [2.75, 3.05) is 0 Å². The highest BCUT2D eigenvalue weighted by Crippen LogP contribution is 2.16. The van der Waals surface area contributed by atoms with Crippen molar-refractivity contribution in [2.24, 2.45) is 0 Å². The normalized spacial score (nSPS) is 10.5. The third-order valence-corrected chi connectivity index (χ3v) is 1.81. The van der Waals surface area contributed by atoms with Gasteiger partial charge in [0.25, 0.3) is 0 Å². The van der Waals surface area contributed by atoms with E-state index in [0.29, 0.717) is 19.3 Å². The van der Waals surface area contributed by atoms with Gasteiger partial charge in [0.15, 0.2) is 17.5 Å². The highest BCUT2D eigenvalue weighted by Gasteiger charge is 2.12. The maximum absolute atomic E-state index is 13.0. The first-order valence-electron chi connectivity index (χ1n) is 4.08. The molecule has 0 atom stereocenters. The summed E-state index contributed by atoms with van der Waals surface area (Å²) in [7, 11) is 0. The quantitative estimate of drug-likeness (QED) is 0.637. The monoisotopic (exact) mass is 187 g/mol. The second kappa shape index (κ2) is 4.30. The van der Waals surface area contributed by atoms with Crippen molar-refractivity contribution in [3.8, 4) is 0 Å². The number of aryl methyl sites for hydroxylation is 1. The van der Waals surface area contributed by atoms with Crippen molar-refractivity contribution in [1.82, 2.24) is 0 Å². The summed E-state index contributed by atoms with van der Waals surface area (Å²) in [4.78, 5) is 0. The fourth-order valence-electron chi connectivity index (χ4n) is 1.07. The molecule has 0 aromatic heterocycles. The van der Waals surface area contributed by atoms with E-state index in [1.165, 1.54) is 6.07 Å². The summed E-state index contributed by atoms with van der Waals surface area (Å²) in [6.45, 7) is 3.58. The van der Waals surface area contributed by atoms with Gasteiger partial charge in [0.2, 0.25) is 0 Å². The smallest absolute Gasteiger partial charge is 0.194 e. The standard InChI is InChI=1S/C10H10F3/c1-2-3-4-7-5-6-8(11)10(13)9(7)12/h5-6H,1-4H2. The Morgan fingerprint density at radius 2 is 1.77 bits per heavy atom. The number of benzene rings is 1. The summed E-state index contributed by atoms with van der Waals surface area (Å²) < 4.78 is 38.1. The number of hydrogen-bond acceptors (Lipinski definition) is 0. The van der Waals surface area contributed by atoms with E-state index in [0.717, 1.165) is 6.07 Å². The Kier molecular flexibility index (Phi) is 3.34. The van der Waals surface area contributed by atoms with Crippen LogP contribution < -0.4 is 0 Å². The van der Waals surface area contributed by atoms with Crippen LogP contribution in [0.3, 0.4) is 0 Å². The molecule has 0 unspecified atom stereocenters. The molecule has 1 radical (unpaired) electrons. The molecule has 0 bridgehead atoms. The predicted molar refractivity (Wildman–Crippen MR) is 44.6 cm³/mol. The summed E-state index contributed by atoms with van der Waals surface area (Å²) >= 11 is 0. The third-order valence-electron chi connectivity index (χ3n) is 1.81. The first-order chi connectivity index (χ1) is 6.16. The van der Waals surface area contributed by atoms with Gasteiger partial charge < -0.3 is 0 Å². The third kappa shape index (κ3) is 2.23. The number of unbranched alkanes of at least 4 members (excludes halogenated alkanes) is 1. The van der Waals surface area contributed by atoms with Crippen LogP contribution in [0.15, 0.2) is 12.1 Å². The molecule has 1 rings (SSSR count). The van der Waals surface area contributed by atoms with Gasteiger partial charge in [-0.1, -0.05) is 19.4 Å². The fraction of sp³-hybridized carbons (Fsp3) is 0.300. The molecule has 0 saturated heterocycles. The Morgan fingerprint density at radius 1 is 1.08 bits per heavy atom. The Hall–Kier alpha value is -0.990. The van der Waals surface area contributed by atoms with Crippen molar-refractivity contribution < 1.29 is 13.2 Å². The lowest BCUT2D eigenvalue weighted by molar-refractivity contribution is 0.440. The zero-order valence-corrected chi connectivity index (χ0v) is 7.12. The van der Waals surface area contributed by atoms with Crippen LogP contribution in [0.1, 0.15) is 18.4 Å². The van der Waals surface area contributed by atoms with Gasteiger partial charge in [-0.25, -0.2) is 13.2 Å². The highest BCUT2D eigenvalue weighted by molar-refractivity contribution is 5.20. The molecule has 13 heavy (non-hydrogen) atoms. The van der Waals surface area contributed by atoms with Gasteiger partial charge >= 0.3 is 0 Å². The van der Waals surface area contributed by atoms with Crippen LogP contribution in [-0.4, -0.2) is 0 Å². The Labute approximate surface area is 75.4 Å². The first kappa shape index (κ1) is 10.1. The van der Waals surface area contributed by atoms with Crippen LogP contribution in [0, 0.1) is 24.4 Å². The number of hydrogen-bond donors (Lipinski definition) is 0. The van der Waals surface area contributed by atoms with Crippen LogP contribution in [0.4, 0.5) is 13.2 Å². The molecule has 3 heteroatoms. The molecule has 0 saturated carbocycles. The minimum absolute atomic E-state index is 0.211. The lowest BCUT2D eigenvalue weighted by Crippen LogP contribution is -1.97. The van der Waals surface area contributed by atoms with Crippen LogP contribution in [-0.2, 0) is 6.42 Å². The maximum Gasteiger partial charge on any atom is 0.194 e. The van der Waals surface area contributed by atoms with Gasteiger partial charge in [0, 0.05) is 0 Å². The predicted octanol–water partition coefficient (Wildman–Crippen LogP) is 3.26. The van der Waals surface area contributed by atoms with E-state index in [2.05, 4.69) is 6.92 Å². The lowest BCUT2D eigenvalue weighted by Gasteiger charge is -2.02. The average Bonchev–Trinajstić information content (AvgIpc) is 2.13. The Bertz CT molecular complexity index is 294. The molecular weight excluding hydrogens is 177 g/mol. The minimum atomic E-state index is -1.39. The van der Waals surface area contributed by atoms with Gasteiger partial charge in [-0.15, -0.1) is 0 Å². The van der Waals surface area contributed by atoms with Crippen molar-refractivity contribution >= 4 is 0 Å². The molecular formula is C10H10F3. The second-order valence-corrected chi connectivity index (χ2v) is 2.79. The number of halogens is 3. The van der Waals surface area contributed by atoms with Crippen LogP contribution in [0.25, 0.3) is 0 Å². The fourth-order valence-corrected chi connectivity index (χ4v) is 1.07. The van der Waals surface area contributed by atoms with E-state index in [9.17, 15) is 13.2 Å². The summed E-state index contributed by atoms with van der Waals surface area (Å²) in [6, 6.07) is 2.21. The van der Waals surface area contributed by atoms with Gasteiger partial charge in [0.1, 0.15) is 0 Å². The molecule has 0 aliphatic carbocycles. The van der Waals surface area contributed by atoms with Gasteiger partial charge in [-0.05, 0) is 24.5 Å². The summed E-state index contributed by atoms with van der Waals surface area (Å²) in [5.74, 6) is -3.61. The van der Waals surface area contributed by atoms with E-state index < -0.39 is 17.5 Å². The summed E-state index contributed by atoms with van der Waals surface area (Å²) in [6.07, 6.45) is 1.72. The first-order valence-corrected chi connectivity index (χ1v) is 4.08. The molecule has 1 aromatic carbocycles. The van der Waals surface area contributed by atoms with E-state index in [4.69, 9.17) is 0 Å². The molecule has 1 aromatic rings. The van der Waals surface area contributed by atoms with Crippen molar-refractivity contribution in [1.29, 1.82) is 0 Å². The van der Waals surface area contributed by atoms with E-state index in [1.807, 2.05) is 0 Å². The van der Waals surface area contributed by atoms with E-state index in [-0.39, 0.29) is 5.56 Å². The molecule has 0 spiro atoms. The SMILES string of the molecule is [CH2]CCCc1ccc(F)c(F)c1F. The molecule has 0 nitrogen and oxygen atoms in total. The zero-order chi connectivity index (χ0) is 9.84. The van der Waals surface area contributed by atoms with E-state index >= 15 is 0 Å². The maximum atomic E-state index is 13.0. The van der Waals surface area contributed by atoms with Gasteiger partial charge in [0.05, 0.1) is 0 Å². The lowest BCUT2D eigenvalue weighted by atomic mass is 10.1. The summed E-state index contributed by atoms with van der Waals surface area (Å²) in [5.41, 5.74) is 0.211. The minimum Gasteiger partial charge on any atom is -0.204 e. The molecule has 0 aliphatic heterocycles. The highest BCUT2D eigenvalue weighted by atomic mass is 19.2. The Morgan fingerprint density at radius 3 is 2.38 bits per heavy atom. The Balaban J connectivity index is 2.90. The molecule has 0 heterocycles. The van der Waals surface area contributed by atoms with Crippen molar-refractivity contribution in [3.05, 3.63) is 42.1 Å². The van der Waals surface area contributed by atoms with Crippen molar-refractivity contribution in [3.63, 3.8) is 0 Å². The van der Waals surface area contributed by atoms with E-state index in [1.54, 1.807) is 0 Å². The van der Waals surface area contributed by atoms with Crippen LogP contribution in [0.2, 0.25) is 0 Å². The second-order valence-electron chi connectivity index (χ2n) is 2.79. The number of rotatable bonds is 3. The van der Waals surface area contributed by atoms with Crippen LogP contribution >= 0.6 is 0 Å². The molecule has 0 aliphatic rings. The molecule has 0 amide bonds. The van der Waals surface area contributed by atoms with Gasteiger partial charge in [-0.3, -0.25) is 0 Å².